The van der Waals surface area contributed by atoms with E-state index in [9.17, 15) is 9.59 Å². The lowest BCUT2D eigenvalue weighted by molar-refractivity contribution is 0.952. The van der Waals surface area contributed by atoms with Crippen LogP contribution in [0.5, 0.6) is 0 Å². The van der Waals surface area contributed by atoms with Crippen molar-refractivity contribution in [3.05, 3.63) is 44.2 Å². The Morgan fingerprint density at radius 3 is 2.40 bits per heavy atom. The van der Waals surface area contributed by atoms with Gasteiger partial charge in [-0.3, -0.25) is 0 Å². The number of H-pyrrole nitrogens is 2. The third kappa shape index (κ3) is 1.55. The molecular weight excluding hydrogens is 220 g/mol. The number of nitrogens with one attached hydrogen (secondary N) is 2. The molecule has 0 radical (unpaired) electrons. The zero-order chi connectivity index (χ0) is 11.0. The first kappa shape index (κ1) is 9.60. The van der Waals surface area contributed by atoms with Crippen molar-refractivity contribution in [3.8, 4) is 5.69 Å². The lowest BCUT2D eigenvalue weighted by Gasteiger charge is -2.03. The average molecular weight is 227 g/mol. The van der Waals surface area contributed by atoms with Gasteiger partial charge in [0, 0.05) is 5.69 Å². The first-order valence-electron chi connectivity index (χ1n) is 4.04. The summed E-state index contributed by atoms with van der Waals surface area (Å²) >= 11 is 5.85. The van der Waals surface area contributed by atoms with Gasteiger partial charge in [0.1, 0.15) is 0 Å². The van der Waals surface area contributed by atoms with E-state index in [0.29, 0.717) is 5.69 Å². The van der Waals surface area contributed by atoms with E-state index in [1.165, 1.54) is 12.1 Å². The molecule has 7 heteroatoms. The van der Waals surface area contributed by atoms with Gasteiger partial charge in [0.05, 0.1) is 10.7 Å². The first-order chi connectivity index (χ1) is 7.09. The number of hydrogen-bond donors (Lipinski definition) is 3. The van der Waals surface area contributed by atoms with Crippen molar-refractivity contribution in [2.75, 3.05) is 5.73 Å². The Kier molecular flexibility index (Phi) is 2.12. The Bertz CT molecular complexity index is 582. The molecule has 1 aromatic heterocycles. The highest BCUT2D eigenvalue weighted by atomic mass is 35.5. The molecule has 0 fully saturated rings. The van der Waals surface area contributed by atoms with Crippen LogP contribution in [-0.4, -0.2) is 14.8 Å². The summed E-state index contributed by atoms with van der Waals surface area (Å²) in [6.45, 7) is 0. The Morgan fingerprint density at radius 1 is 1.20 bits per heavy atom. The van der Waals surface area contributed by atoms with Crippen LogP contribution in [0.2, 0.25) is 5.02 Å². The van der Waals surface area contributed by atoms with Crippen LogP contribution in [0.4, 0.5) is 5.69 Å². The highest BCUT2D eigenvalue weighted by molar-refractivity contribution is 6.32. The van der Waals surface area contributed by atoms with E-state index in [4.69, 9.17) is 17.3 Å². The molecule has 0 unspecified atom stereocenters. The van der Waals surface area contributed by atoms with Crippen LogP contribution in [0.3, 0.4) is 0 Å². The molecule has 1 heterocycles. The molecule has 0 aliphatic rings. The van der Waals surface area contributed by atoms with Crippen molar-refractivity contribution >= 4 is 17.3 Å². The van der Waals surface area contributed by atoms with E-state index in [2.05, 4.69) is 10.2 Å². The minimum absolute atomic E-state index is 0.254. The molecule has 0 saturated heterocycles. The Balaban J connectivity index is 2.79. The quantitative estimate of drug-likeness (QED) is 0.601. The zero-order valence-electron chi connectivity index (χ0n) is 7.45. The van der Waals surface area contributed by atoms with Gasteiger partial charge in [-0.25, -0.2) is 24.4 Å². The summed E-state index contributed by atoms with van der Waals surface area (Å²) in [6.07, 6.45) is 0. The van der Waals surface area contributed by atoms with Gasteiger partial charge in [-0.1, -0.05) is 11.6 Å². The molecule has 0 bridgehead atoms. The smallest absolute Gasteiger partial charge is 0.349 e. The average Bonchev–Trinajstić information content (AvgIpc) is 2.51. The van der Waals surface area contributed by atoms with Crippen LogP contribution in [0.1, 0.15) is 0 Å². The van der Waals surface area contributed by atoms with Gasteiger partial charge in [-0.05, 0) is 18.2 Å². The SMILES string of the molecule is Nc1ccc(Cl)c(-n2c(=O)[nH][nH]c2=O)c1. The number of nitrogens with zero attached hydrogens (tertiary/aromatic N) is 1. The molecule has 15 heavy (non-hydrogen) atoms. The minimum atomic E-state index is -0.590. The molecule has 2 aromatic rings. The number of nitrogen functional groups attached to an aromatic ring is 1. The van der Waals surface area contributed by atoms with Crippen LogP contribution in [0, 0.1) is 0 Å². The van der Waals surface area contributed by atoms with Crippen LogP contribution in [0.15, 0.2) is 27.8 Å². The van der Waals surface area contributed by atoms with Gasteiger partial charge in [0.15, 0.2) is 0 Å². The van der Waals surface area contributed by atoms with E-state index in [-0.39, 0.29) is 10.7 Å². The maximum Gasteiger partial charge on any atom is 0.349 e. The number of aromatic nitrogens is 3. The number of rotatable bonds is 1. The molecule has 0 spiro atoms. The van der Waals surface area contributed by atoms with Crippen LogP contribution >= 0.6 is 11.6 Å². The number of aromatic amines is 2. The van der Waals surface area contributed by atoms with Crippen molar-refractivity contribution in [3.63, 3.8) is 0 Å². The summed E-state index contributed by atoms with van der Waals surface area (Å²) in [7, 11) is 0. The van der Waals surface area contributed by atoms with Crippen LogP contribution < -0.4 is 17.1 Å². The summed E-state index contributed by atoms with van der Waals surface area (Å²) in [5.41, 5.74) is 5.03. The molecule has 0 atom stereocenters. The molecule has 78 valence electrons. The number of benzene rings is 1. The van der Waals surface area contributed by atoms with E-state index in [1.807, 2.05) is 0 Å². The molecule has 0 aliphatic carbocycles. The molecule has 2 rings (SSSR count). The van der Waals surface area contributed by atoms with Crippen LogP contribution in [-0.2, 0) is 0 Å². The number of nitrogens with two attached hydrogens (primary N) is 1. The minimum Gasteiger partial charge on any atom is -0.399 e. The fraction of sp³-hybridized carbons (Fsp3) is 0. The maximum atomic E-state index is 11.3. The largest absolute Gasteiger partial charge is 0.399 e. The Morgan fingerprint density at radius 2 is 1.80 bits per heavy atom. The van der Waals surface area contributed by atoms with E-state index in [0.717, 1.165) is 4.57 Å². The normalized spacial score (nSPS) is 10.5. The van der Waals surface area contributed by atoms with Crippen molar-refractivity contribution < 1.29 is 0 Å². The van der Waals surface area contributed by atoms with Gasteiger partial charge in [-0.2, -0.15) is 0 Å². The third-order valence-corrected chi connectivity index (χ3v) is 2.21. The standard InChI is InChI=1S/C8H7ClN4O2/c9-5-2-1-4(10)3-6(5)13-7(14)11-12-8(13)15/h1-3H,10H2,(H,11,14)(H,12,15). The highest BCUT2D eigenvalue weighted by Gasteiger charge is 2.09. The molecule has 0 amide bonds. The monoisotopic (exact) mass is 226 g/mol. The van der Waals surface area contributed by atoms with Gasteiger partial charge in [0.2, 0.25) is 0 Å². The lowest BCUT2D eigenvalue weighted by atomic mass is 10.3. The van der Waals surface area contributed by atoms with Crippen molar-refractivity contribution in [1.29, 1.82) is 0 Å². The van der Waals surface area contributed by atoms with Crippen molar-refractivity contribution in [2.45, 2.75) is 0 Å². The van der Waals surface area contributed by atoms with Crippen molar-refractivity contribution in [2.24, 2.45) is 0 Å². The molecule has 6 nitrogen and oxygen atoms in total. The second-order valence-corrected chi connectivity index (χ2v) is 3.31. The molecule has 4 N–H and O–H groups in total. The highest BCUT2D eigenvalue weighted by Crippen LogP contribution is 2.20. The maximum absolute atomic E-state index is 11.3. The van der Waals surface area contributed by atoms with E-state index in [1.54, 1.807) is 6.07 Å². The first-order valence-corrected chi connectivity index (χ1v) is 4.42. The summed E-state index contributed by atoms with van der Waals surface area (Å²) in [4.78, 5) is 22.6. The van der Waals surface area contributed by atoms with E-state index < -0.39 is 11.4 Å². The molecule has 1 aromatic carbocycles. The van der Waals surface area contributed by atoms with Gasteiger partial charge in [-0.15, -0.1) is 0 Å². The van der Waals surface area contributed by atoms with Gasteiger partial charge in [0.25, 0.3) is 0 Å². The van der Waals surface area contributed by atoms with Crippen LogP contribution in [0.25, 0.3) is 5.69 Å². The Hall–Kier alpha value is -1.95. The number of halogens is 1. The molecule has 0 saturated carbocycles. The zero-order valence-corrected chi connectivity index (χ0v) is 8.21. The third-order valence-electron chi connectivity index (χ3n) is 1.89. The predicted octanol–water partition coefficient (Wildman–Crippen LogP) is 0.0895. The summed E-state index contributed by atoms with van der Waals surface area (Å²) in [5.74, 6) is 0. The fourth-order valence-electron chi connectivity index (χ4n) is 1.23. The molecular formula is C8H7ClN4O2. The van der Waals surface area contributed by atoms with E-state index >= 15 is 0 Å². The fourth-order valence-corrected chi connectivity index (χ4v) is 1.43. The second kappa shape index (κ2) is 3.32. The lowest BCUT2D eigenvalue weighted by Crippen LogP contribution is -2.24. The van der Waals surface area contributed by atoms with Gasteiger partial charge < -0.3 is 5.73 Å². The summed E-state index contributed by atoms with van der Waals surface area (Å²) < 4.78 is 0.874. The second-order valence-electron chi connectivity index (χ2n) is 2.91. The number of hydrogen-bond acceptors (Lipinski definition) is 3. The topological polar surface area (TPSA) is 96.7 Å². The summed E-state index contributed by atoms with van der Waals surface area (Å²) in [5, 5.41) is 4.58. The van der Waals surface area contributed by atoms with Gasteiger partial charge >= 0.3 is 11.4 Å². The molecule has 0 aliphatic heterocycles. The Labute approximate surface area is 88.3 Å². The van der Waals surface area contributed by atoms with Crippen molar-refractivity contribution in [1.82, 2.24) is 14.8 Å². The summed E-state index contributed by atoms with van der Waals surface area (Å²) in [6, 6.07) is 4.55. The number of anilines is 1. The predicted molar refractivity (Wildman–Crippen MR) is 56.4 cm³/mol.